The molecule has 1 fully saturated rings. The molecular weight excluding hydrogens is 206 g/mol. The average molecular weight is 229 g/mol. The van der Waals surface area contributed by atoms with Crippen LogP contribution in [0.15, 0.2) is 0 Å². The molecule has 3 N–H and O–H groups in total. The maximum absolute atomic E-state index is 10.9. The van der Waals surface area contributed by atoms with Gasteiger partial charge in [0.15, 0.2) is 0 Å². The summed E-state index contributed by atoms with van der Waals surface area (Å²) in [7, 11) is 4.05. The molecule has 1 rings (SSSR count). The highest BCUT2D eigenvalue weighted by Crippen LogP contribution is 2.15. The highest BCUT2D eigenvalue weighted by atomic mass is 16.4. The molecule has 1 aliphatic rings. The predicted molar refractivity (Wildman–Crippen MR) is 63.4 cm³/mol. The summed E-state index contributed by atoms with van der Waals surface area (Å²) in [4.78, 5) is 15.3. The average Bonchev–Trinajstić information content (AvgIpc) is 2.16. The van der Waals surface area contributed by atoms with Crippen LogP contribution < -0.4 is 5.73 Å². The molecule has 0 radical (unpaired) electrons. The third-order valence-corrected chi connectivity index (χ3v) is 3.29. The molecule has 16 heavy (non-hydrogen) atoms. The van der Waals surface area contributed by atoms with Gasteiger partial charge in [-0.15, -0.1) is 0 Å². The number of hydrogen-bond acceptors (Lipinski definition) is 4. The van der Waals surface area contributed by atoms with Gasteiger partial charge in [0.25, 0.3) is 0 Å². The first kappa shape index (κ1) is 13.4. The van der Waals surface area contributed by atoms with E-state index >= 15 is 0 Å². The fourth-order valence-corrected chi connectivity index (χ4v) is 2.21. The van der Waals surface area contributed by atoms with Crippen molar-refractivity contribution in [3.63, 3.8) is 0 Å². The van der Waals surface area contributed by atoms with Gasteiger partial charge in [0.2, 0.25) is 0 Å². The Bertz CT molecular complexity index is 256. The third-order valence-electron chi connectivity index (χ3n) is 3.29. The molecule has 5 heteroatoms. The van der Waals surface area contributed by atoms with Gasteiger partial charge in [-0.1, -0.05) is 0 Å². The highest BCUT2D eigenvalue weighted by molar-refractivity contribution is 5.78. The number of piperidine rings is 1. The standard InChI is InChI=1S/C11H23N3O2/c1-11(12,10(15)16)8-14(3)9-5-4-6-13(2)7-9/h9H,4-8,12H2,1-3H3,(H,15,16). The van der Waals surface area contributed by atoms with Crippen molar-refractivity contribution in [2.24, 2.45) is 5.73 Å². The lowest BCUT2D eigenvalue weighted by molar-refractivity contribution is -0.143. The Morgan fingerprint density at radius 3 is 2.81 bits per heavy atom. The van der Waals surface area contributed by atoms with Gasteiger partial charge in [-0.05, 0) is 40.4 Å². The van der Waals surface area contributed by atoms with E-state index in [1.165, 1.54) is 6.42 Å². The minimum absolute atomic E-state index is 0.390. The number of aliphatic carboxylic acids is 1. The lowest BCUT2D eigenvalue weighted by atomic mass is 10.00. The lowest BCUT2D eigenvalue weighted by Gasteiger charge is -2.38. The summed E-state index contributed by atoms with van der Waals surface area (Å²) in [5.41, 5.74) is 4.59. The lowest BCUT2D eigenvalue weighted by Crippen LogP contribution is -2.56. The molecule has 1 saturated heterocycles. The largest absolute Gasteiger partial charge is 0.480 e. The maximum Gasteiger partial charge on any atom is 0.324 e. The Kier molecular flexibility index (Phi) is 4.29. The Morgan fingerprint density at radius 1 is 1.69 bits per heavy atom. The summed E-state index contributed by atoms with van der Waals surface area (Å²) in [5.74, 6) is -0.941. The number of carboxylic acid groups (broad SMARTS) is 1. The van der Waals surface area contributed by atoms with Crippen LogP contribution in [0.5, 0.6) is 0 Å². The summed E-state index contributed by atoms with van der Waals surface area (Å²) >= 11 is 0. The smallest absolute Gasteiger partial charge is 0.324 e. The van der Waals surface area contributed by atoms with Crippen LogP contribution in [0.4, 0.5) is 0 Å². The van der Waals surface area contributed by atoms with Crippen LogP contribution in [0.2, 0.25) is 0 Å². The molecule has 0 spiro atoms. The van der Waals surface area contributed by atoms with Crippen LogP contribution >= 0.6 is 0 Å². The molecule has 0 bridgehead atoms. The van der Waals surface area contributed by atoms with Crippen molar-refractivity contribution < 1.29 is 9.90 Å². The van der Waals surface area contributed by atoms with Gasteiger partial charge in [0, 0.05) is 19.1 Å². The Labute approximate surface area is 97.2 Å². The Morgan fingerprint density at radius 2 is 2.31 bits per heavy atom. The van der Waals surface area contributed by atoms with Gasteiger partial charge >= 0.3 is 5.97 Å². The molecule has 2 unspecified atom stereocenters. The molecule has 0 amide bonds. The van der Waals surface area contributed by atoms with Crippen LogP contribution in [0.25, 0.3) is 0 Å². The fourth-order valence-electron chi connectivity index (χ4n) is 2.21. The number of rotatable bonds is 4. The molecular formula is C11H23N3O2. The van der Waals surface area contributed by atoms with E-state index in [0.717, 1.165) is 19.5 Å². The van der Waals surface area contributed by atoms with Crippen molar-refractivity contribution in [1.29, 1.82) is 0 Å². The summed E-state index contributed by atoms with van der Waals surface area (Å²) in [6, 6.07) is 0.418. The number of likely N-dealkylation sites (N-methyl/N-ethyl adjacent to an activating group) is 2. The van der Waals surface area contributed by atoms with Gasteiger partial charge in [-0.2, -0.15) is 0 Å². The molecule has 0 aliphatic carbocycles. The van der Waals surface area contributed by atoms with E-state index in [1.807, 2.05) is 7.05 Å². The summed E-state index contributed by atoms with van der Waals surface area (Å²) < 4.78 is 0. The topological polar surface area (TPSA) is 69.8 Å². The quantitative estimate of drug-likeness (QED) is 0.699. The van der Waals surface area contributed by atoms with Gasteiger partial charge in [-0.25, -0.2) is 0 Å². The fraction of sp³-hybridized carbons (Fsp3) is 0.909. The predicted octanol–water partition coefficient (Wildman–Crippen LogP) is -0.186. The number of nitrogens with two attached hydrogens (primary N) is 1. The van der Waals surface area contributed by atoms with Crippen LogP contribution in [0, 0.1) is 0 Å². The summed E-state index contributed by atoms with van der Waals surface area (Å²) in [6.45, 7) is 4.08. The molecule has 0 saturated carbocycles. The number of likely N-dealkylation sites (tertiary alicyclic amines) is 1. The normalized spacial score (nSPS) is 26.7. The van der Waals surface area contributed by atoms with E-state index < -0.39 is 11.5 Å². The summed E-state index contributed by atoms with van der Waals surface area (Å²) in [5, 5.41) is 8.98. The molecule has 1 heterocycles. The molecule has 2 atom stereocenters. The zero-order valence-corrected chi connectivity index (χ0v) is 10.4. The van der Waals surface area contributed by atoms with Gasteiger partial charge in [0.05, 0.1) is 0 Å². The van der Waals surface area contributed by atoms with Crippen molar-refractivity contribution in [2.75, 3.05) is 33.7 Å². The first-order valence-electron chi connectivity index (χ1n) is 5.74. The van der Waals surface area contributed by atoms with Crippen LogP contribution in [0.1, 0.15) is 19.8 Å². The van der Waals surface area contributed by atoms with Crippen LogP contribution in [0.3, 0.4) is 0 Å². The van der Waals surface area contributed by atoms with Crippen molar-refractivity contribution in [2.45, 2.75) is 31.3 Å². The van der Waals surface area contributed by atoms with Crippen LogP contribution in [-0.4, -0.2) is 66.2 Å². The molecule has 1 aliphatic heterocycles. The van der Waals surface area contributed by atoms with Crippen LogP contribution in [-0.2, 0) is 4.79 Å². The SMILES string of the molecule is CN1CCCC(N(C)CC(C)(N)C(=O)O)C1. The number of carbonyl (C=O) groups is 1. The molecule has 0 aromatic carbocycles. The zero-order chi connectivity index (χ0) is 12.3. The van der Waals surface area contributed by atoms with E-state index in [2.05, 4.69) is 16.8 Å². The third kappa shape index (κ3) is 3.43. The second-order valence-electron chi connectivity index (χ2n) is 5.20. The maximum atomic E-state index is 10.9. The first-order valence-corrected chi connectivity index (χ1v) is 5.74. The minimum atomic E-state index is -1.16. The van der Waals surface area contributed by atoms with E-state index in [9.17, 15) is 4.79 Å². The highest BCUT2D eigenvalue weighted by Gasteiger charge is 2.32. The molecule has 94 valence electrons. The van der Waals surface area contributed by atoms with Crippen molar-refractivity contribution in [3.05, 3.63) is 0 Å². The van der Waals surface area contributed by atoms with Crippen molar-refractivity contribution in [1.82, 2.24) is 9.80 Å². The number of hydrogen-bond donors (Lipinski definition) is 2. The molecule has 0 aromatic rings. The zero-order valence-electron chi connectivity index (χ0n) is 10.4. The Balaban J connectivity index is 2.51. The first-order chi connectivity index (χ1) is 7.33. The van der Waals surface area contributed by atoms with Crippen molar-refractivity contribution in [3.8, 4) is 0 Å². The number of carboxylic acids is 1. The minimum Gasteiger partial charge on any atom is -0.480 e. The second kappa shape index (κ2) is 5.12. The van der Waals surface area contributed by atoms with Gasteiger partial charge in [0.1, 0.15) is 5.54 Å². The van der Waals surface area contributed by atoms with Crippen molar-refractivity contribution >= 4 is 5.97 Å². The van der Waals surface area contributed by atoms with E-state index in [-0.39, 0.29) is 0 Å². The Hall–Kier alpha value is -0.650. The number of nitrogens with zero attached hydrogens (tertiary/aromatic N) is 2. The summed E-state index contributed by atoms with van der Waals surface area (Å²) in [6.07, 6.45) is 2.29. The van der Waals surface area contributed by atoms with E-state index in [4.69, 9.17) is 10.8 Å². The van der Waals surface area contributed by atoms with E-state index in [0.29, 0.717) is 12.6 Å². The molecule has 5 nitrogen and oxygen atoms in total. The second-order valence-corrected chi connectivity index (χ2v) is 5.20. The van der Waals surface area contributed by atoms with Gasteiger partial charge < -0.3 is 15.7 Å². The monoisotopic (exact) mass is 229 g/mol. The van der Waals surface area contributed by atoms with E-state index in [1.54, 1.807) is 6.92 Å². The van der Waals surface area contributed by atoms with Gasteiger partial charge in [-0.3, -0.25) is 9.69 Å². The molecule has 0 aromatic heterocycles.